The number of hydrogen-bond acceptors (Lipinski definition) is 3. The molecule has 74 valence electrons. The summed E-state index contributed by atoms with van der Waals surface area (Å²) in [5.41, 5.74) is -0.183. The van der Waals surface area contributed by atoms with Gasteiger partial charge in [-0.05, 0) is 12.5 Å². The van der Waals surface area contributed by atoms with Gasteiger partial charge < -0.3 is 14.9 Å². The Morgan fingerprint density at radius 1 is 1.50 bits per heavy atom. The molecular formula is C11H12O3. The molecule has 0 amide bonds. The predicted molar refractivity (Wildman–Crippen MR) is 51.3 cm³/mol. The third-order valence-electron chi connectivity index (χ3n) is 2.40. The van der Waals surface area contributed by atoms with Crippen molar-refractivity contribution < 1.29 is 14.9 Å². The predicted octanol–water partition coefficient (Wildman–Crippen LogP) is -0.00490. The highest BCUT2D eigenvalue weighted by Gasteiger charge is 2.64. The first-order valence-corrected chi connectivity index (χ1v) is 4.47. The van der Waals surface area contributed by atoms with Crippen LogP contribution in [0, 0.1) is 11.8 Å². The minimum atomic E-state index is -0.896. The van der Waals surface area contributed by atoms with Gasteiger partial charge >= 0.3 is 0 Å². The van der Waals surface area contributed by atoms with Crippen molar-refractivity contribution in [3.8, 4) is 11.8 Å². The first kappa shape index (κ1) is 9.47. The maximum atomic E-state index is 9.65. The largest absolute Gasteiger partial charge is 0.386 e. The highest BCUT2D eigenvalue weighted by molar-refractivity contribution is 5.40. The van der Waals surface area contributed by atoms with Crippen LogP contribution in [0.4, 0.5) is 0 Å². The molecule has 14 heavy (non-hydrogen) atoms. The number of epoxide rings is 1. The van der Waals surface area contributed by atoms with E-state index in [2.05, 4.69) is 18.4 Å². The number of aliphatic hydroxyl groups excluding tert-OH is 2. The third-order valence-corrected chi connectivity index (χ3v) is 2.40. The molecule has 0 saturated carbocycles. The molecule has 1 fully saturated rings. The average molecular weight is 192 g/mol. The van der Waals surface area contributed by atoms with E-state index in [0.29, 0.717) is 5.57 Å². The quantitative estimate of drug-likeness (QED) is 0.322. The second-order valence-corrected chi connectivity index (χ2v) is 3.68. The van der Waals surface area contributed by atoms with Gasteiger partial charge in [-0.2, -0.15) is 0 Å². The highest BCUT2D eigenvalue weighted by atomic mass is 16.6. The molecule has 0 spiro atoms. The molecule has 0 aromatic rings. The van der Waals surface area contributed by atoms with E-state index in [1.165, 1.54) is 12.2 Å². The lowest BCUT2D eigenvalue weighted by Crippen LogP contribution is -2.36. The summed E-state index contributed by atoms with van der Waals surface area (Å²) in [6.07, 6.45) is 1.22. The van der Waals surface area contributed by atoms with Crippen molar-refractivity contribution in [1.29, 1.82) is 0 Å². The minimum Gasteiger partial charge on any atom is -0.386 e. The van der Waals surface area contributed by atoms with E-state index >= 15 is 0 Å². The van der Waals surface area contributed by atoms with Crippen molar-refractivity contribution in [2.75, 3.05) is 0 Å². The Balaban J connectivity index is 2.24. The zero-order valence-electron chi connectivity index (χ0n) is 7.90. The van der Waals surface area contributed by atoms with Crippen molar-refractivity contribution in [3.63, 3.8) is 0 Å². The molecule has 4 atom stereocenters. The molecule has 1 aliphatic heterocycles. The first-order chi connectivity index (χ1) is 6.56. The summed E-state index contributed by atoms with van der Waals surface area (Å²) in [7, 11) is 0. The summed E-state index contributed by atoms with van der Waals surface area (Å²) in [5.74, 6) is 5.59. The van der Waals surface area contributed by atoms with E-state index in [-0.39, 0.29) is 0 Å². The van der Waals surface area contributed by atoms with Crippen LogP contribution in [-0.4, -0.2) is 34.1 Å². The number of rotatable bonds is 0. The van der Waals surface area contributed by atoms with Gasteiger partial charge in [0.05, 0.1) is 0 Å². The van der Waals surface area contributed by atoms with E-state index in [4.69, 9.17) is 4.74 Å². The minimum absolute atomic E-state index is 0.394. The highest BCUT2D eigenvalue weighted by Crippen LogP contribution is 2.44. The second-order valence-electron chi connectivity index (χ2n) is 3.68. The van der Waals surface area contributed by atoms with Gasteiger partial charge in [0, 0.05) is 0 Å². The van der Waals surface area contributed by atoms with E-state index in [1.807, 2.05) is 0 Å². The molecule has 2 aliphatic rings. The van der Waals surface area contributed by atoms with Crippen molar-refractivity contribution >= 4 is 0 Å². The summed E-state index contributed by atoms with van der Waals surface area (Å²) >= 11 is 0. The van der Waals surface area contributed by atoms with Crippen LogP contribution in [-0.2, 0) is 4.74 Å². The Morgan fingerprint density at radius 3 is 2.86 bits per heavy atom. The molecular weight excluding hydrogens is 180 g/mol. The maximum absolute atomic E-state index is 9.65. The Hall–Kier alpha value is -1.08. The molecule has 2 rings (SSSR count). The Morgan fingerprint density at radius 2 is 2.21 bits per heavy atom. The van der Waals surface area contributed by atoms with Crippen molar-refractivity contribution in [2.45, 2.75) is 30.8 Å². The van der Waals surface area contributed by atoms with Gasteiger partial charge in [0.2, 0.25) is 0 Å². The molecule has 0 aromatic heterocycles. The van der Waals surface area contributed by atoms with Gasteiger partial charge in [-0.3, -0.25) is 0 Å². The number of aliphatic hydroxyl groups is 2. The third kappa shape index (κ3) is 1.28. The van der Waals surface area contributed by atoms with Crippen LogP contribution < -0.4 is 0 Å². The van der Waals surface area contributed by atoms with Gasteiger partial charge in [-0.15, -0.1) is 0 Å². The zero-order valence-corrected chi connectivity index (χ0v) is 7.90. The van der Waals surface area contributed by atoms with Gasteiger partial charge in [0.1, 0.15) is 18.3 Å². The van der Waals surface area contributed by atoms with Gasteiger partial charge in [-0.25, -0.2) is 0 Å². The Bertz CT molecular complexity index is 360. The topological polar surface area (TPSA) is 53.0 Å². The van der Waals surface area contributed by atoms with Gasteiger partial charge in [0.25, 0.3) is 0 Å². The average Bonchev–Trinajstić information content (AvgIpc) is 2.86. The molecule has 0 unspecified atom stereocenters. The van der Waals surface area contributed by atoms with E-state index in [9.17, 15) is 10.2 Å². The normalized spacial score (nSPS) is 43.5. The van der Waals surface area contributed by atoms with Crippen molar-refractivity contribution in [3.05, 3.63) is 24.3 Å². The molecule has 1 heterocycles. The van der Waals surface area contributed by atoms with Crippen molar-refractivity contribution in [2.24, 2.45) is 0 Å². The summed E-state index contributed by atoms with van der Waals surface area (Å²) < 4.78 is 5.26. The van der Waals surface area contributed by atoms with Crippen LogP contribution in [0.1, 0.15) is 6.92 Å². The van der Waals surface area contributed by atoms with E-state index in [0.717, 1.165) is 0 Å². The van der Waals surface area contributed by atoms with E-state index < -0.39 is 23.9 Å². The fourth-order valence-electron chi connectivity index (χ4n) is 1.58. The summed E-state index contributed by atoms with van der Waals surface area (Å²) in [4.78, 5) is 0. The molecule has 1 aliphatic carbocycles. The van der Waals surface area contributed by atoms with Gasteiger partial charge in [0.15, 0.2) is 5.60 Å². The Kier molecular flexibility index (Phi) is 2.00. The fraction of sp³-hybridized carbons (Fsp3) is 0.455. The van der Waals surface area contributed by atoms with Crippen LogP contribution in [0.15, 0.2) is 24.3 Å². The molecule has 1 saturated heterocycles. The fourth-order valence-corrected chi connectivity index (χ4v) is 1.58. The lowest BCUT2D eigenvalue weighted by atomic mass is 9.90. The number of hydrogen-bond donors (Lipinski definition) is 2. The smallest absolute Gasteiger partial charge is 0.187 e. The molecule has 2 N–H and O–H groups in total. The molecule has 3 heteroatoms. The molecule has 0 bridgehead atoms. The first-order valence-electron chi connectivity index (χ1n) is 4.47. The summed E-state index contributed by atoms with van der Waals surface area (Å²) in [6.45, 7) is 5.42. The summed E-state index contributed by atoms with van der Waals surface area (Å²) in [6, 6.07) is 0. The maximum Gasteiger partial charge on any atom is 0.187 e. The lowest BCUT2D eigenvalue weighted by Gasteiger charge is -2.16. The van der Waals surface area contributed by atoms with Crippen LogP contribution in [0.5, 0.6) is 0 Å². The van der Waals surface area contributed by atoms with Gasteiger partial charge in [-0.1, -0.05) is 30.6 Å². The molecule has 0 radical (unpaired) electrons. The van der Waals surface area contributed by atoms with Crippen LogP contribution >= 0.6 is 0 Å². The molecule has 3 nitrogen and oxygen atoms in total. The van der Waals surface area contributed by atoms with Crippen LogP contribution in [0.3, 0.4) is 0 Å². The van der Waals surface area contributed by atoms with E-state index in [1.54, 1.807) is 6.92 Å². The number of allylic oxidation sites excluding steroid dienone is 1. The zero-order chi connectivity index (χ0) is 10.3. The standard InChI is InChI=1S/C11H12O3/c1-7(2)5-6-11-9(13)4-3-8(12)10(11)14-11/h3-4,8-10,12-13H,1H2,2H3/t8-,9-,10+,11-/m1/s1. The lowest BCUT2D eigenvalue weighted by molar-refractivity contribution is 0.144. The summed E-state index contributed by atoms with van der Waals surface area (Å²) in [5, 5.41) is 19.1. The Labute approximate surface area is 82.7 Å². The van der Waals surface area contributed by atoms with Crippen LogP contribution in [0.25, 0.3) is 0 Å². The number of ether oxygens (including phenoxy) is 1. The SMILES string of the molecule is C=C(C)C#C[C@]12O[C@H]1[C@H](O)C=C[C@H]2O. The molecule has 0 aromatic carbocycles. The second kappa shape index (κ2) is 2.96. The van der Waals surface area contributed by atoms with Crippen LogP contribution in [0.2, 0.25) is 0 Å². The number of fused-ring (bicyclic) bond motifs is 1. The van der Waals surface area contributed by atoms with Crippen molar-refractivity contribution in [1.82, 2.24) is 0 Å². The monoisotopic (exact) mass is 192 g/mol.